The first-order valence-corrected chi connectivity index (χ1v) is 10.9. The number of amidine groups is 2. The lowest BCUT2D eigenvalue weighted by atomic mass is 10.1. The second kappa shape index (κ2) is 9.00. The van der Waals surface area contributed by atoms with Gasteiger partial charge in [-0.1, -0.05) is 0 Å². The van der Waals surface area contributed by atoms with Gasteiger partial charge in [0.2, 0.25) is 0 Å². The highest BCUT2D eigenvalue weighted by molar-refractivity contribution is 6.20. The summed E-state index contributed by atoms with van der Waals surface area (Å²) >= 11 is 0. The lowest BCUT2D eigenvalue weighted by Gasteiger charge is -2.28. The maximum atomic E-state index is 10.7. The van der Waals surface area contributed by atoms with Crippen LogP contribution in [-0.4, -0.2) is 66.2 Å². The van der Waals surface area contributed by atoms with Crippen LogP contribution >= 0.6 is 0 Å². The van der Waals surface area contributed by atoms with Gasteiger partial charge in [0.25, 0.3) is 0 Å². The molecule has 1 saturated heterocycles. The predicted molar refractivity (Wildman–Crippen MR) is 122 cm³/mol. The molecule has 1 atom stereocenters. The van der Waals surface area contributed by atoms with Gasteiger partial charge in [0.05, 0.1) is 19.8 Å². The van der Waals surface area contributed by atoms with Crippen LogP contribution in [0.3, 0.4) is 0 Å². The second-order valence-electron chi connectivity index (χ2n) is 7.89. The normalized spacial score (nSPS) is 20.2. The SMILES string of the molecule is COc1c(OCC2CCCCO2)ccc2c1N=C(C=C(O)c1cccnc1)N1CCN=C21. The maximum absolute atomic E-state index is 10.7. The fraction of sp³-hybridized carbons (Fsp3) is 0.375. The van der Waals surface area contributed by atoms with Crippen molar-refractivity contribution >= 4 is 23.1 Å². The van der Waals surface area contributed by atoms with E-state index in [1.807, 2.05) is 17.0 Å². The fourth-order valence-electron chi connectivity index (χ4n) is 4.18. The molecule has 0 amide bonds. The lowest BCUT2D eigenvalue weighted by molar-refractivity contribution is -0.0114. The Bertz CT molecular complexity index is 1070. The molecule has 166 valence electrons. The molecule has 4 heterocycles. The van der Waals surface area contributed by atoms with Gasteiger partial charge in [0, 0.05) is 42.7 Å². The van der Waals surface area contributed by atoms with Crippen LogP contribution in [0, 0.1) is 0 Å². The smallest absolute Gasteiger partial charge is 0.187 e. The third-order valence-electron chi connectivity index (χ3n) is 5.81. The molecule has 5 rings (SSSR count). The molecule has 3 aliphatic rings. The molecule has 0 saturated carbocycles. The average molecular weight is 434 g/mol. The van der Waals surface area contributed by atoms with Crippen LogP contribution in [0.15, 0.2) is 52.7 Å². The van der Waals surface area contributed by atoms with E-state index in [-0.39, 0.29) is 11.9 Å². The molecule has 2 aromatic rings. The molecule has 1 fully saturated rings. The highest BCUT2D eigenvalue weighted by atomic mass is 16.5. The number of aromatic nitrogens is 1. The van der Waals surface area contributed by atoms with Gasteiger partial charge in [0.1, 0.15) is 29.7 Å². The molecule has 8 heteroatoms. The van der Waals surface area contributed by atoms with Crippen LogP contribution in [0.4, 0.5) is 5.69 Å². The summed E-state index contributed by atoms with van der Waals surface area (Å²) in [7, 11) is 1.61. The first-order chi connectivity index (χ1) is 15.7. The zero-order chi connectivity index (χ0) is 21.9. The molecule has 1 unspecified atom stereocenters. The summed E-state index contributed by atoms with van der Waals surface area (Å²) in [5.41, 5.74) is 2.16. The molecule has 3 aliphatic heterocycles. The first-order valence-electron chi connectivity index (χ1n) is 10.9. The molecule has 0 radical (unpaired) electrons. The maximum Gasteiger partial charge on any atom is 0.187 e. The Kier molecular flexibility index (Phi) is 5.77. The first kappa shape index (κ1) is 20.5. The summed E-state index contributed by atoms with van der Waals surface area (Å²) in [6.07, 6.45) is 8.28. The quantitative estimate of drug-likeness (QED) is 0.697. The van der Waals surface area contributed by atoms with Gasteiger partial charge in [-0.3, -0.25) is 9.98 Å². The van der Waals surface area contributed by atoms with E-state index >= 15 is 0 Å². The van der Waals surface area contributed by atoms with E-state index in [1.54, 1.807) is 37.7 Å². The summed E-state index contributed by atoms with van der Waals surface area (Å²) in [6.45, 7) is 2.62. The van der Waals surface area contributed by atoms with Gasteiger partial charge in [0.15, 0.2) is 11.5 Å². The van der Waals surface area contributed by atoms with Crippen molar-refractivity contribution in [1.82, 2.24) is 9.88 Å². The van der Waals surface area contributed by atoms with Gasteiger partial charge >= 0.3 is 0 Å². The van der Waals surface area contributed by atoms with Crippen LogP contribution in [0.5, 0.6) is 11.5 Å². The van der Waals surface area contributed by atoms with Crippen molar-refractivity contribution in [2.75, 3.05) is 33.4 Å². The summed E-state index contributed by atoms with van der Waals surface area (Å²) in [5.74, 6) is 2.68. The number of hydrogen-bond acceptors (Lipinski definition) is 8. The Hall–Kier alpha value is -3.39. The van der Waals surface area contributed by atoms with Crippen molar-refractivity contribution < 1.29 is 19.3 Å². The Morgan fingerprint density at radius 1 is 1.31 bits per heavy atom. The Balaban J connectivity index is 1.50. The number of methoxy groups -OCH3 is 1. The fourth-order valence-corrected chi connectivity index (χ4v) is 4.18. The van der Waals surface area contributed by atoms with Gasteiger partial charge < -0.3 is 24.2 Å². The molecular weight excluding hydrogens is 408 g/mol. The van der Waals surface area contributed by atoms with Crippen molar-refractivity contribution in [2.45, 2.75) is 25.4 Å². The molecule has 8 nitrogen and oxygen atoms in total. The van der Waals surface area contributed by atoms with Crippen molar-refractivity contribution in [3.05, 3.63) is 53.9 Å². The minimum Gasteiger partial charge on any atom is -0.507 e. The number of fused-ring (bicyclic) bond motifs is 3. The second-order valence-corrected chi connectivity index (χ2v) is 7.89. The minimum absolute atomic E-state index is 0.0902. The number of aliphatic imine (C=N–C) groups is 2. The third kappa shape index (κ3) is 3.93. The largest absolute Gasteiger partial charge is 0.507 e. The molecule has 1 aromatic carbocycles. The summed E-state index contributed by atoms with van der Waals surface area (Å²) < 4.78 is 17.6. The van der Waals surface area contributed by atoms with E-state index in [0.29, 0.717) is 48.3 Å². The molecule has 0 aliphatic carbocycles. The van der Waals surface area contributed by atoms with E-state index in [2.05, 4.69) is 9.98 Å². The minimum atomic E-state index is 0.0902. The number of hydrogen-bond donors (Lipinski definition) is 1. The van der Waals surface area contributed by atoms with E-state index in [9.17, 15) is 5.11 Å². The summed E-state index contributed by atoms with van der Waals surface area (Å²) in [6, 6.07) is 7.46. The Labute approximate surface area is 186 Å². The van der Waals surface area contributed by atoms with Crippen LogP contribution in [0.25, 0.3) is 5.76 Å². The van der Waals surface area contributed by atoms with E-state index in [1.165, 1.54) is 0 Å². The Morgan fingerprint density at radius 3 is 3.03 bits per heavy atom. The predicted octanol–water partition coefficient (Wildman–Crippen LogP) is 3.74. The highest BCUT2D eigenvalue weighted by Gasteiger charge is 2.32. The van der Waals surface area contributed by atoms with Crippen molar-refractivity contribution in [3.8, 4) is 11.5 Å². The standard InChI is InChI=1S/C24H26N4O4/c1-30-23-20(32-15-17-6-2-3-12-31-17)8-7-18-22(23)27-21(28-11-10-26-24(18)28)13-19(29)16-5-4-9-25-14-16/h4-5,7-9,13-14,17,29H,2-3,6,10-12,15H2,1H3. The lowest BCUT2D eigenvalue weighted by Crippen LogP contribution is -2.36. The van der Waals surface area contributed by atoms with Gasteiger partial charge in [-0.15, -0.1) is 0 Å². The molecule has 1 N–H and O–H groups in total. The molecule has 0 spiro atoms. The zero-order valence-electron chi connectivity index (χ0n) is 18.0. The van der Waals surface area contributed by atoms with Gasteiger partial charge in [-0.25, -0.2) is 4.99 Å². The van der Waals surface area contributed by atoms with Crippen LogP contribution in [0.2, 0.25) is 0 Å². The highest BCUT2D eigenvalue weighted by Crippen LogP contribution is 2.43. The molecule has 32 heavy (non-hydrogen) atoms. The molecular formula is C24H26N4O4. The summed E-state index contributed by atoms with van der Waals surface area (Å²) in [4.78, 5) is 15.6. The molecule has 1 aromatic heterocycles. The number of nitrogens with zero attached hydrogens (tertiary/aromatic N) is 4. The van der Waals surface area contributed by atoms with Gasteiger partial charge in [-0.2, -0.15) is 0 Å². The molecule has 0 bridgehead atoms. The van der Waals surface area contributed by atoms with Crippen LogP contribution < -0.4 is 9.47 Å². The van der Waals surface area contributed by atoms with E-state index < -0.39 is 0 Å². The van der Waals surface area contributed by atoms with Crippen molar-refractivity contribution in [3.63, 3.8) is 0 Å². The number of ether oxygens (including phenoxy) is 3. The number of aliphatic hydroxyl groups is 1. The summed E-state index contributed by atoms with van der Waals surface area (Å²) in [5, 5.41) is 10.7. The number of benzene rings is 1. The topological polar surface area (TPSA) is 88.8 Å². The number of rotatable bonds is 6. The van der Waals surface area contributed by atoms with Crippen LogP contribution in [-0.2, 0) is 4.74 Å². The third-order valence-corrected chi connectivity index (χ3v) is 5.81. The van der Waals surface area contributed by atoms with Crippen molar-refractivity contribution in [2.24, 2.45) is 9.98 Å². The van der Waals surface area contributed by atoms with E-state index in [4.69, 9.17) is 19.2 Å². The monoisotopic (exact) mass is 434 g/mol. The van der Waals surface area contributed by atoms with Crippen LogP contribution in [0.1, 0.15) is 30.4 Å². The van der Waals surface area contributed by atoms with Gasteiger partial charge in [-0.05, 0) is 43.5 Å². The zero-order valence-corrected chi connectivity index (χ0v) is 18.0. The van der Waals surface area contributed by atoms with E-state index in [0.717, 1.165) is 37.3 Å². The Morgan fingerprint density at radius 2 is 2.25 bits per heavy atom. The number of aliphatic hydroxyl groups excluding tert-OH is 1. The average Bonchev–Trinajstić information content (AvgIpc) is 3.34. The van der Waals surface area contributed by atoms with Crippen molar-refractivity contribution in [1.29, 1.82) is 0 Å². The number of pyridine rings is 1.